The number of hydrogen-bond acceptors (Lipinski definition) is 2. The van der Waals surface area contributed by atoms with E-state index in [0.717, 1.165) is 12.0 Å². The highest BCUT2D eigenvalue weighted by atomic mass is 19.1. The second-order valence-electron chi connectivity index (χ2n) is 6.24. The molecule has 0 fully saturated rings. The SMILES string of the molecule is CC(C)[C@@H](NCC(=O)NCCc1ccccc1)c1ccc(F)cc1. The van der Waals surface area contributed by atoms with Crippen molar-refractivity contribution >= 4 is 5.91 Å². The smallest absolute Gasteiger partial charge is 0.233 e. The summed E-state index contributed by atoms with van der Waals surface area (Å²) in [4.78, 5) is 12.0. The predicted octanol–water partition coefficient (Wildman–Crippen LogP) is 3.47. The molecule has 0 aromatic heterocycles. The Hall–Kier alpha value is -2.20. The zero-order valence-corrected chi connectivity index (χ0v) is 14.3. The Morgan fingerprint density at radius 1 is 1.04 bits per heavy atom. The van der Waals surface area contributed by atoms with Crippen LogP contribution in [0.15, 0.2) is 54.6 Å². The highest BCUT2D eigenvalue weighted by molar-refractivity contribution is 5.78. The molecule has 0 spiro atoms. The van der Waals surface area contributed by atoms with Gasteiger partial charge in [0.2, 0.25) is 5.91 Å². The van der Waals surface area contributed by atoms with Gasteiger partial charge in [0.25, 0.3) is 0 Å². The molecule has 0 heterocycles. The molecular weight excluding hydrogens is 303 g/mol. The molecule has 0 unspecified atom stereocenters. The standard InChI is InChI=1S/C20H25FN2O/c1-15(2)20(17-8-10-18(21)11-9-17)23-14-19(24)22-13-12-16-6-4-3-5-7-16/h3-11,15,20,23H,12-14H2,1-2H3,(H,22,24)/t20-/m1/s1. The van der Waals surface area contributed by atoms with E-state index >= 15 is 0 Å². The summed E-state index contributed by atoms with van der Waals surface area (Å²) in [6.45, 7) is 5.02. The van der Waals surface area contributed by atoms with E-state index < -0.39 is 0 Å². The van der Waals surface area contributed by atoms with Crippen LogP contribution in [0.2, 0.25) is 0 Å². The van der Waals surface area contributed by atoms with E-state index in [-0.39, 0.29) is 24.3 Å². The van der Waals surface area contributed by atoms with Crippen LogP contribution in [-0.2, 0) is 11.2 Å². The van der Waals surface area contributed by atoms with Gasteiger partial charge in [0.1, 0.15) is 5.82 Å². The van der Waals surface area contributed by atoms with Gasteiger partial charge in [-0.1, -0.05) is 56.3 Å². The number of hydrogen-bond donors (Lipinski definition) is 2. The highest BCUT2D eigenvalue weighted by Crippen LogP contribution is 2.21. The first-order valence-electron chi connectivity index (χ1n) is 8.35. The number of carbonyl (C=O) groups excluding carboxylic acids is 1. The Bertz CT molecular complexity index is 626. The summed E-state index contributed by atoms with van der Waals surface area (Å²) in [5.74, 6) is 0.0196. The van der Waals surface area contributed by atoms with Gasteiger partial charge in [-0.25, -0.2) is 4.39 Å². The maximum absolute atomic E-state index is 13.1. The van der Waals surface area contributed by atoms with E-state index in [2.05, 4.69) is 24.5 Å². The van der Waals surface area contributed by atoms with Crippen molar-refractivity contribution in [1.82, 2.24) is 10.6 Å². The molecule has 0 bridgehead atoms. The molecule has 3 nitrogen and oxygen atoms in total. The van der Waals surface area contributed by atoms with E-state index in [4.69, 9.17) is 0 Å². The minimum atomic E-state index is -0.250. The lowest BCUT2D eigenvalue weighted by atomic mass is 9.96. The van der Waals surface area contributed by atoms with Crippen LogP contribution < -0.4 is 10.6 Å². The average molecular weight is 328 g/mol. The van der Waals surface area contributed by atoms with Crippen molar-refractivity contribution in [2.75, 3.05) is 13.1 Å². The Morgan fingerprint density at radius 3 is 2.33 bits per heavy atom. The molecular formula is C20H25FN2O. The maximum Gasteiger partial charge on any atom is 0.233 e. The topological polar surface area (TPSA) is 41.1 Å². The fourth-order valence-corrected chi connectivity index (χ4v) is 2.66. The molecule has 0 saturated carbocycles. The molecule has 1 amide bonds. The van der Waals surface area contributed by atoms with Crippen molar-refractivity contribution in [2.45, 2.75) is 26.3 Å². The summed E-state index contributed by atoms with van der Waals surface area (Å²) in [6, 6.07) is 16.5. The minimum absolute atomic E-state index is 0.0190. The van der Waals surface area contributed by atoms with Crippen molar-refractivity contribution in [3.63, 3.8) is 0 Å². The quantitative estimate of drug-likeness (QED) is 0.779. The molecule has 0 radical (unpaired) electrons. The summed E-state index contributed by atoms with van der Waals surface area (Å²) >= 11 is 0. The lowest BCUT2D eigenvalue weighted by molar-refractivity contribution is -0.120. The molecule has 2 aromatic carbocycles. The van der Waals surface area contributed by atoms with Crippen molar-refractivity contribution in [3.05, 3.63) is 71.5 Å². The predicted molar refractivity (Wildman–Crippen MR) is 95.1 cm³/mol. The van der Waals surface area contributed by atoms with E-state index in [1.807, 2.05) is 30.3 Å². The first-order valence-corrected chi connectivity index (χ1v) is 8.35. The summed E-state index contributed by atoms with van der Waals surface area (Å²) in [7, 11) is 0. The fourth-order valence-electron chi connectivity index (χ4n) is 2.66. The van der Waals surface area contributed by atoms with Gasteiger partial charge in [-0.3, -0.25) is 4.79 Å². The summed E-state index contributed by atoms with van der Waals surface area (Å²) in [5.41, 5.74) is 2.20. The monoisotopic (exact) mass is 328 g/mol. The third-order valence-electron chi connectivity index (χ3n) is 3.96. The normalized spacial score (nSPS) is 12.2. The second-order valence-corrected chi connectivity index (χ2v) is 6.24. The van der Waals surface area contributed by atoms with Crippen LogP contribution in [0.1, 0.15) is 31.0 Å². The van der Waals surface area contributed by atoms with E-state index in [9.17, 15) is 9.18 Å². The fraction of sp³-hybridized carbons (Fsp3) is 0.350. The zero-order valence-electron chi connectivity index (χ0n) is 14.3. The largest absolute Gasteiger partial charge is 0.355 e. The molecule has 24 heavy (non-hydrogen) atoms. The van der Waals surface area contributed by atoms with Crippen molar-refractivity contribution in [2.24, 2.45) is 5.92 Å². The molecule has 1 atom stereocenters. The molecule has 2 aromatic rings. The lowest BCUT2D eigenvalue weighted by Gasteiger charge is -2.22. The maximum atomic E-state index is 13.1. The molecule has 2 rings (SSSR count). The molecule has 0 aliphatic heterocycles. The third kappa shape index (κ3) is 5.78. The molecule has 2 N–H and O–H groups in total. The third-order valence-corrected chi connectivity index (χ3v) is 3.96. The summed E-state index contributed by atoms with van der Waals surface area (Å²) < 4.78 is 13.1. The molecule has 0 aliphatic carbocycles. The number of benzene rings is 2. The van der Waals surface area contributed by atoms with Gasteiger partial charge < -0.3 is 10.6 Å². The Balaban J connectivity index is 1.79. The average Bonchev–Trinajstić information content (AvgIpc) is 2.57. The number of nitrogens with one attached hydrogen (secondary N) is 2. The molecule has 0 saturated heterocycles. The van der Waals surface area contributed by atoms with Gasteiger partial charge >= 0.3 is 0 Å². The number of amides is 1. The number of carbonyl (C=O) groups is 1. The van der Waals surface area contributed by atoms with Gasteiger partial charge in [0, 0.05) is 12.6 Å². The minimum Gasteiger partial charge on any atom is -0.355 e. The van der Waals surface area contributed by atoms with Crippen molar-refractivity contribution in [1.29, 1.82) is 0 Å². The van der Waals surface area contributed by atoms with Crippen LogP contribution in [0.4, 0.5) is 4.39 Å². The molecule has 128 valence electrons. The first-order chi connectivity index (χ1) is 11.6. The Morgan fingerprint density at radius 2 is 1.71 bits per heavy atom. The lowest BCUT2D eigenvalue weighted by Crippen LogP contribution is -2.38. The molecule has 4 heteroatoms. The first kappa shape index (κ1) is 18.1. The Labute approximate surface area is 143 Å². The van der Waals surface area contributed by atoms with Gasteiger partial charge in [0.05, 0.1) is 6.54 Å². The summed E-state index contributed by atoms with van der Waals surface area (Å²) in [6.07, 6.45) is 0.818. The van der Waals surface area contributed by atoms with E-state index in [0.29, 0.717) is 12.5 Å². The Kier molecular flexibility index (Phi) is 6.94. The highest BCUT2D eigenvalue weighted by Gasteiger charge is 2.16. The van der Waals surface area contributed by atoms with E-state index in [1.54, 1.807) is 12.1 Å². The van der Waals surface area contributed by atoms with Gasteiger partial charge in [0.15, 0.2) is 0 Å². The van der Waals surface area contributed by atoms with Crippen LogP contribution in [0, 0.1) is 11.7 Å². The van der Waals surface area contributed by atoms with Gasteiger partial charge in [-0.05, 0) is 35.6 Å². The van der Waals surface area contributed by atoms with Gasteiger partial charge in [-0.15, -0.1) is 0 Å². The number of halogens is 1. The summed E-state index contributed by atoms with van der Waals surface area (Å²) in [5, 5.41) is 6.19. The van der Waals surface area contributed by atoms with Crippen molar-refractivity contribution in [3.8, 4) is 0 Å². The zero-order chi connectivity index (χ0) is 17.4. The van der Waals surface area contributed by atoms with E-state index in [1.165, 1.54) is 17.7 Å². The van der Waals surface area contributed by atoms with Crippen LogP contribution in [0.25, 0.3) is 0 Å². The van der Waals surface area contributed by atoms with Crippen molar-refractivity contribution < 1.29 is 9.18 Å². The van der Waals surface area contributed by atoms with Crippen LogP contribution in [0.3, 0.4) is 0 Å². The number of rotatable bonds is 8. The van der Waals surface area contributed by atoms with Crippen LogP contribution in [0.5, 0.6) is 0 Å². The van der Waals surface area contributed by atoms with Crippen LogP contribution >= 0.6 is 0 Å². The molecule has 0 aliphatic rings. The van der Waals surface area contributed by atoms with Gasteiger partial charge in [-0.2, -0.15) is 0 Å². The van der Waals surface area contributed by atoms with Crippen LogP contribution in [-0.4, -0.2) is 19.0 Å². The second kappa shape index (κ2) is 9.18.